The maximum atomic E-state index is 12.8. The molecule has 1 unspecified atom stereocenters. The number of aromatic nitrogens is 1. The number of ether oxygens (including phenoxy) is 1. The van der Waals surface area contributed by atoms with Crippen molar-refractivity contribution in [1.82, 2.24) is 9.88 Å². The summed E-state index contributed by atoms with van der Waals surface area (Å²) in [6.45, 7) is 6.06. The van der Waals surface area contributed by atoms with Gasteiger partial charge in [0.25, 0.3) is 5.56 Å². The summed E-state index contributed by atoms with van der Waals surface area (Å²) in [5.41, 5.74) is 4.84. The number of hydrogen-bond donors (Lipinski definition) is 2. The van der Waals surface area contributed by atoms with Crippen LogP contribution >= 0.6 is 12.2 Å². The summed E-state index contributed by atoms with van der Waals surface area (Å²) in [5, 5.41) is 4.99. The normalized spacial score (nSPS) is 15.9. The molecule has 0 spiro atoms. The van der Waals surface area contributed by atoms with Crippen LogP contribution in [-0.2, 0) is 17.7 Å². The van der Waals surface area contributed by atoms with Crippen molar-refractivity contribution in [2.75, 3.05) is 18.5 Å². The third kappa shape index (κ3) is 5.32. The lowest BCUT2D eigenvalue weighted by molar-refractivity contribution is 0.0904. The minimum Gasteiger partial charge on any atom is -0.376 e. The summed E-state index contributed by atoms with van der Waals surface area (Å²) in [4.78, 5) is 17.9. The van der Waals surface area contributed by atoms with Gasteiger partial charge < -0.3 is 19.9 Å². The number of hydrogen-bond acceptors (Lipinski definition) is 3. The Hall–Kier alpha value is -2.70. The third-order valence-corrected chi connectivity index (χ3v) is 6.12. The molecule has 162 valence electrons. The minimum absolute atomic E-state index is 0.0764. The molecule has 1 saturated heterocycles. The first kappa shape index (κ1) is 21.5. The van der Waals surface area contributed by atoms with Crippen molar-refractivity contribution in [3.63, 3.8) is 0 Å². The van der Waals surface area contributed by atoms with Gasteiger partial charge in [-0.1, -0.05) is 25.1 Å². The van der Waals surface area contributed by atoms with E-state index in [2.05, 4.69) is 48.4 Å². The van der Waals surface area contributed by atoms with E-state index in [0.717, 1.165) is 48.0 Å². The molecule has 0 bridgehead atoms. The molecule has 4 rings (SSSR count). The average molecular weight is 436 g/mol. The molecule has 31 heavy (non-hydrogen) atoms. The van der Waals surface area contributed by atoms with Crippen molar-refractivity contribution in [2.45, 2.75) is 45.8 Å². The Morgan fingerprint density at radius 3 is 2.87 bits per heavy atom. The lowest BCUT2D eigenvalue weighted by Crippen LogP contribution is -2.40. The summed E-state index contributed by atoms with van der Waals surface area (Å²) in [6, 6.07) is 16.3. The zero-order valence-corrected chi connectivity index (χ0v) is 18.9. The van der Waals surface area contributed by atoms with E-state index in [4.69, 9.17) is 17.0 Å². The number of benzene rings is 2. The van der Waals surface area contributed by atoms with Crippen molar-refractivity contribution in [3.8, 4) is 0 Å². The van der Waals surface area contributed by atoms with Gasteiger partial charge in [0.1, 0.15) is 0 Å². The number of aromatic amines is 1. The predicted molar refractivity (Wildman–Crippen MR) is 131 cm³/mol. The Kier molecular flexibility index (Phi) is 6.68. The van der Waals surface area contributed by atoms with Crippen molar-refractivity contribution < 1.29 is 4.74 Å². The minimum atomic E-state index is -0.0764. The molecular weight excluding hydrogens is 406 g/mol. The van der Waals surface area contributed by atoms with E-state index in [1.54, 1.807) is 0 Å². The van der Waals surface area contributed by atoms with Gasteiger partial charge in [0.2, 0.25) is 0 Å². The smallest absolute Gasteiger partial charge is 0.253 e. The third-order valence-electron chi connectivity index (χ3n) is 5.76. The Morgan fingerprint density at radius 2 is 2.13 bits per heavy atom. The monoisotopic (exact) mass is 435 g/mol. The van der Waals surface area contributed by atoms with Crippen molar-refractivity contribution in [1.29, 1.82) is 0 Å². The summed E-state index contributed by atoms with van der Waals surface area (Å²) in [5.74, 6) is 0. The number of thiocarbonyl (C=S) groups is 1. The Morgan fingerprint density at radius 1 is 1.26 bits per heavy atom. The molecule has 1 fully saturated rings. The standard InChI is InChI=1S/C25H29N3O2S/c1-3-18-9-10-23-19(13-18)14-20(24(29)27-23)15-28(16-22-8-5-11-30-22)25(31)26-21-7-4-6-17(2)12-21/h4,6-7,9-10,12-14,22H,3,5,8,11,15-16H2,1-2H3,(H,26,31)(H,27,29). The van der Waals surface area contributed by atoms with E-state index in [0.29, 0.717) is 23.8 Å². The van der Waals surface area contributed by atoms with Crippen LogP contribution in [0.4, 0.5) is 5.69 Å². The van der Waals surface area contributed by atoms with E-state index in [1.165, 1.54) is 5.56 Å². The van der Waals surface area contributed by atoms with Crippen LogP contribution in [0.5, 0.6) is 0 Å². The van der Waals surface area contributed by atoms with Gasteiger partial charge in [0.15, 0.2) is 5.11 Å². The Balaban J connectivity index is 1.61. The molecule has 1 aliphatic heterocycles. The average Bonchev–Trinajstić information content (AvgIpc) is 3.26. The van der Waals surface area contributed by atoms with Crippen molar-refractivity contribution in [3.05, 3.63) is 75.6 Å². The molecule has 2 N–H and O–H groups in total. The maximum absolute atomic E-state index is 12.8. The molecule has 1 aromatic heterocycles. The molecule has 1 atom stereocenters. The number of nitrogens with zero attached hydrogens (tertiary/aromatic N) is 1. The van der Waals surface area contributed by atoms with Crippen LogP contribution < -0.4 is 10.9 Å². The fourth-order valence-corrected chi connectivity index (χ4v) is 4.28. The van der Waals surface area contributed by atoms with Gasteiger partial charge in [-0.25, -0.2) is 0 Å². The van der Waals surface area contributed by atoms with E-state index >= 15 is 0 Å². The summed E-state index contributed by atoms with van der Waals surface area (Å²) in [6.07, 6.45) is 3.16. The first-order valence-electron chi connectivity index (χ1n) is 10.9. The van der Waals surface area contributed by atoms with Crippen LogP contribution in [0.25, 0.3) is 10.9 Å². The molecule has 0 saturated carbocycles. The van der Waals surface area contributed by atoms with Crippen LogP contribution in [0.3, 0.4) is 0 Å². The molecule has 2 heterocycles. The van der Waals surface area contributed by atoms with E-state index in [-0.39, 0.29) is 11.7 Å². The number of aryl methyl sites for hydroxylation is 2. The summed E-state index contributed by atoms with van der Waals surface area (Å²) in [7, 11) is 0. The number of H-pyrrole nitrogens is 1. The second-order valence-corrected chi connectivity index (χ2v) is 8.60. The fraction of sp³-hybridized carbons (Fsp3) is 0.360. The van der Waals surface area contributed by atoms with Gasteiger partial charge in [0.05, 0.1) is 12.6 Å². The largest absolute Gasteiger partial charge is 0.376 e. The second kappa shape index (κ2) is 9.62. The van der Waals surface area contributed by atoms with Crippen LogP contribution in [0.2, 0.25) is 0 Å². The summed E-state index contributed by atoms with van der Waals surface area (Å²) >= 11 is 5.76. The van der Waals surface area contributed by atoms with Gasteiger partial charge in [0, 0.05) is 29.9 Å². The Labute approximate surface area is 188 Å². The van der Waals surface area contributed by atoms with E-state index in [1.807, 2.05) is 29.2 Å². The van der Waals surface area contributed by atoms with Crippen molar-refractivity contribution >= 4 is 33.9 Å². The second-order valence-electron chi connectivity index (χ2n) is 8.21. The molecule has 0 aliphatic carbocycles. The molecule has 3 aromatic rings. The highest BCUT2D eigenvalue weighted by molar-refractivity contribution is 7.80. The lowest BCUT2D eigenvalue weighted by Gasteiger charge is -2.28. The lowest BCUT2D eigenvalue weighted by atomic mass is 10.1. The molecule has 2 aromatic carbocycles. The number of rotatable bonds is 6. The van der Waals surface area contributed by atoms with Crippen LogP contribution in [0.1, 0.15) is 36.5 Å². The first-order chi connectivity index (χ1) is 15.0. The zero-order valence-electron chi connectivity index (χ0n) is 18.1. The number of pyridine rings is 1. The topological polar surface area (TPSA) is 57.4 Å². The molecule has 0 amide bonds. The number of nitrogens with one attached hydrogen (secondary N) is 2. The first-order valence-corrected chi connectivity index (χ1v) is 11.3. The molecule has 6 heteroatoms. The van der Waals surface area contributed by atoms with Crippen LogP contribution in [-0.4, -0.2) is 34.3 Å². The van der Waals surface area contributed by atoms with Gasteiger partial charge in [-0.05, 0) is 85.2 Å². The number of fused-ring (bicyclic) bond motifs is 1. The Bertz CT molecular complexity index is 1140. The van der Waals surface area contributed by atoms with Crippen molar-refractivity contribution in [2.24, 2.45) is 0 Å². The van der Waals surface area contributed by atoms with E-state index < -0.39 is 0 Å². The quantitative estimate of drug-likeness (QED) is 0.546. The van der Waals surface area contributed by atoms with Gasteiger partial charge >= 0.3 is 0 Å². The van der Waals surface area contributed by atoms with Gasteiger partial charge in [-0.3, -0.25) is 4.79 Å². The molecule has 1 aliphatic rings. The highest BCUT2D eigenvalue weighted by Gasteiger charge is 2.22. The highest BCUT2D eigenvalue weighted by atomic mass is 32.1. The maximum Gasteiger partial charge on any atom is 0.253 e. The highest BCUT2D eigenvalue weighted by Crippen LogP contribution is 2.19. The molecule has 0 radical (unpaired) electrons. The van der Waals surface area contributed by atoms with Gasteiger partial charge in [-0.15, -0.1) is 0 Å². The van der Waals surface area contributed by atoms with E-state index in [9.17, 15) is 4.79 Å². The zero-order chi connectivity index (χ0) is 21.8. The summed E-state index contributed by atoms with van der Waals surface area (Å²) < 4.78 is 5.86. The fourth-order valence-electron chi connectivity index (χ4n) is 4.02. The van der Waals surface area contributed by atoms with Gasteiger partial charge in [-0.2, -0.15) is 0 Å². The molecular formula is C25H29N3O2S. The van der Waals surface area contributed by atoms with Crippen LogP contribution in [0.15, 0.2) is 53.3 Å². The van der Waals surface area contributed by atoms with Crippen LogP contribution in [0, 0.1) is 6.92 Å². The predicted octanol–water partition coefficient (Wildman–Crippen LogP) is 4.78. The SMILES string of the molecule is CCc1ccc2[nH]c(=O)c(CN(CC3CCCO3)C(=S)Nc3cccc(C)c3)cc2c1. The molecule has 5 nitrogen and oxygen atoms in total. The number of anilines is 1.